The summed E-state index contributed by atoms with van der Waals surface area (Å²) in [4.78, 5) is 24.7. The van der Waals surface area contributed by atoms with Crippen LogP contribution in [0.1, 0.15) is 25.3 Å². The van der Waals surface area contributed by atoms with Gasteiger partial charge in [0.05, 0.1) is 16.3 Å². The Balaban J connectivity index is 1.63. The average Bonchev–Trinajstić information content (AvgIpc) is 3.22. The fraction of sp³-hybridized carbons (Fsp3) is 0.333. The van der Waals surface area contributed by atoms with E-state index in [0.29, 0.717) is 24.1 Å². The summed E-state index contributed by atoms with van der Waals surface area (Å²) in [5.74, 6) is -1.42. The number of amides is 2. The zero-order valence-corrected chi connectivity index (χ0v) is 18.9. The Labute approximate surface area is 189 Å². The van der Waals surface area contributed by atoms with Crippen LogP contribution < -0.4 is 15.4 Å². The lowest BCUT2D eigenvalue weighted by Crippen LogP contribution is -2.43. The highest BCUT2D eigenvalue weighted by molar-refractivity contribution is 7.89. The molecule has 2 N–H and O–H groups in total. The number of sulfonamides is 1. The van der Waals surface area contributed by atoms with Gasteiger partial charge in [-0.1, -0.05) is 11.6 Å². The molecule has 0 radical (unpaired) electrons. The number of rotatable bonds is 4. The van der Waals surface area contributed by atoms with E-state index < -0.39 is 33.9 Å². The summed E-state index contributed by atoms with van der Waals surface area (Å²) in [5, 5.41) is 5.32. The van der Waals surface area contributed by atoms with Gasteiger partial charge in [-0.15, -0.1) is 0 Å². The Kier molecular flexibility index (Phi) is 5.87. The molecule has 0 aromatic heterocycles. The van der Waals surface area contributed by atoms with E-state index in [0.717, 1.165) is 10.4 Å². The number of nitrogens with zero attached hydrogens (tertiary/aromatic N) is 1. The normalized spacial score (nSPS) is 20.9. The Bertz CT molecular complexity index is 1220. The van der Waals surface area contributed by atoms with Crippen molar-refractivity contribution in [2.45, 2.75) is 43.7 Å². The van der Waals surface area contributed by atoms with Gasteiger partial charge < -0.3 is 15.4 Å². The van der Waals surface area contributed by atoms with Crippen LogP contribution in [0.25, 0.3) is 0 Å². The predicted octanol–water partition coefficient (Wildman–Crippen LogP) is 3.30. The molecule has 170 valence electrons. The van der Waals surface area contributed by atoms with Gasteiger partial charge in [-0.3, -0.25) is 9.59 Å². The van der Waals surface area contributed by atoms with Crippen molar-refractivity contribution in [3.8, 4) is 5.75 Å². The summed E-state index contributed by atoms with van der Waals surface area (Å²) < 4.78 is 47.7. The average molecular weight is 482 g/mol. The molecule has 2 aliphatic rings. The van der Waals surface area contributed by atoms with Gasteiger partial charge in [0, 0.05) is 17.6 Å². The topological polar surface area (TPSA) is 105 Å². The number of fused-ring (bicyclic) bond motifs is 1. The first-order valence-corrected chi connectivity index (χ1v) is 11.8. The maximum atomic E-state index is 14.1. The van der Waals surface area contributed by atoms with Gasteiger partial charge in [0.25, 0.3) is 5.91 Å². The number of carbonyl (C=O) groups excluding carboxylic acids is 2. The van der Waals surface area contributed by atoms with Crippen LogP contribution in [0.2, 0.25) is 5.02 Å². The molecule has 11 heteroatoms. The Morgan fingerprint density at radius 2 is 2.06 bits per heavy atom. The van der Waals surface area contributed by atoms with Crippen molar-refractivity contribution in [3.05, 3.63) is 46.7 Å². The van der Waals surface area contributed by atoms with E-state index in [-0.39, 0.29) is 33.8 Å². The number of carbonyl (C=O) groups is 2. The summed E-state index contributed by atoms with van der Waals surface area (Å²) in [7, 11) is -4.07. The second-order valence-electron chi connectivity index (χ2n) is 7.75. The third kappa shape index (κ3) is 4.05. The van der Waals surface area contributed by atoms with E-state index in [9.17, 15) is 22.4 Å². The molecule has 1 saturated heterocycles. The maximum Gasteiger partial charge on any atom is 0.265 e. The standard InChI is InChI=1S/C21H21ClFN3O5S/c1-11-8-16-18(31-12(2)20(27)25-16)10-19(11)32(29,30)26-7-3-4-17(26)21(28)24-15-6-5-13(22)9-14(15)23/h5-6,8-10,12,17H,3-4,7H2,1-2H3,(H,24,28)(H,25,27)/t12-,17-/m1/s1. The summed E-state index contributed by atoms with van der Waals surface area (Å²) in [6, 6.07) is 5.72. The monoisotopic (exact) mass is 481 g/mol. The largest absolute Gasteiger partial charge is 0.479 e. The van der Waals surface area contributed by atoms with E-state index in [1.165, 1.54) is 24.3 Å². The molecule has 0 aliphatic carbocycles. The maximum absolute atomic E-state index is 14.1. The summed E-state index contributed by atoms with van der Waals surface area (Å²) in [6.07, 6.45) is 0.0160. The minimum absolute atomic E-state index is 0.0167. The van der Waals surface area contributed by atoms with Gasteiger partial charge in [-0.25, -0.2) is 12.8 Å². The van der Waals surface area contributed by atoms with Crippen LogP contribution in [0.4, 0.5) is 15.8 Å². The number of aryl methyl sites for hydroxylation is 1. The molecule has 32 heavy (non-hydrogen) atoms. The lowest BCUT2D eigenvalue weighted by Gasteiger charge is -2.27. The lowest BCUT2D eigenvalue weighted by molar-refractivity contribution is -0.122. The molecule has 2 aliphatic heterocycles. The number of hydrogen-bond acceptors (Lipinski definition) is 5. The number of benzene rings is 2. The number of hydrogen-bond donors (Lipinski definition) is 2. The zero-order valence-electron chi connectivity index (χ0n) is 17.3. The van der Waals surface area contributed by atoms with Gasteiger partial charge in [0.2, 0.25) is 15.9 Å². The van der Waals surface area contributed by atoms with Gasteiger partial charge in [-0.2, -0.15) is 4.31 Å². The quantitative estimate of drug-likeness (QED) is 0.697. The van der Waals surface area contributed by atoms with Crippen LogP contribution in [0.15, 0.2) is 35.2 Å². The first kappa shape index (κ1) is 22.5. The third-order valence-electron chi connectivity index (χ3n) is 5.49. The second kappa shape index (κ2) is 8.34. The molecule has 0 spiro atoms. The minimum Gasteiger partial charge on any atom is -0.479 e. The van der Waals surface area contributed by atoms with E-state index >= 15 is 0 Å². The van der Waals surface area contributed by atoms with E-state index in [1.54, 1.807) is 13.8 Å². The van der Waals surface area contributed by atoms with E-state index in [4.69, 9.17) is 16.3 Å². The number of halogens is 2. The zero-order chi connectivity index (χ0) is 23.2. The van der Waals surface area contributed by atoms with Crippen LogP contribution in [0.3, 0.4) is 0 Å². The van der Waals surface area contributed by atoms with Crippen molar-refractivity contribution in [2.24, 2.45) is 0 Å². The highest BCUT2D eigenvalue weighted by atomic mass is 35.5. The molecule has 2 heterocycles. The summed E-state index contributed by atoms with van der Waals surface area (Å²) in [6.45, 7) is 3.31. The van der Waals surface area contributed by atoms with Crippen molar-refractivity contribution < 1.29 is 27.1 Å². The third-order valence-corrected chi connectivity index (χ3v) is 7.78. The second-order valence-corrected chi connectivity index (χ2v) is 10.0. The number of anilines is 2. The molecule has 8 nitrogen and oxygen atoms in total. The van der Waals surface area contributed by atoms with Gasteiger partial charge >= 0.3 is 0 Å². The molecule has 0 bridgehead atoms. The van der Waals surface area contributed by atoms with Crippen LogP contribution in [0, 0.1) is 12.7 Å². The van der Waals surface area contributed by atoms with E-state index in [2.05, 4.69) is 10.6 Å². The molecule has 2 amide bonds. The fourth-order valence-corrected chi connectivity index (χ4v) is 5.88. The fourth-order valence-electron chi connectivity index (χ4n) is 3.84. The molecular weight excluding hydrogens is 461 g/mol. The predicted molar refractivity (Wildman–Crippen MR) is 117 cm³/mol. The Morgan fingerprint density at radius 3 is 2.78 bits per heavy atom. The SMILES string of the molecule is Cc1cc2c(cc1S(=O)(=O)N1CCC[C@@H]1C(=O)Nc1ccc(Cl)cc1F)O[C@H](C)C(=O)N2. The van der Waals surface area contributed by atoms with Crippen molar-refractivity contribution in [3.63, 3.8) is 0 Å². The molecule has 4 rings (SSSR count). The first-order chi connectivity index (χ1) is 15.1. The van der Waals surface area contributed by atoms with Crippen LogP contribution in [-0.2, 0) is 19.6 Å². The first-order valence-electron chi connectivity index (χ1n) is 9.98. The van der Waals surface area contributed by atoms with Gasteiger partial charge in [-0.05, 0) is 56.5 Å². The number of ether oxygens (including phenoxy) is 1. The van der Waals surface area contributed by atoms with Gasteiger partial charge in [0.1, 0.15) is 17.6 Å². The number of nitrogens with one attached hydrogen (secondary N) is 2. The van der Waals surface area contributed by atoms with Crippen molar-refractivity contribution in [2.75, 3.05) is 17.2 Å². The Hall–Kier alpha value is -2.69. The summed E-state index contributed by atoms with van der Waals surface area (Å²) >= 11 is 5.74. The molecule has 0 saturated carbocycles. The van der Waals surface area contributed by atoms with Crippen molar-refractivity contribution in [1.29, 1.82) is 0 Å². The molecule has 0 unspecified atom stereocenters. The molecule has 2 aromatic carbocycles. The molecule has 2 atom stereocenters. The van der Waals surface area contributed by atoms with E-state index in [1.807, 2.05) is 0 Å². The highest BCUT2D eigenvalue weighted by Gasteiger charge is 2.41. The van der Waals surface area contributed by atoms with Crippen LogP contribution in [0.5, 0.6) is 5.75 Å². The highest BCUT2D eigenvalue weighted by Crippen LogP contribution is 2.37. The van der Waals surface area contributed by atoms with Crippen molar-refractivity contribution in [1.82, 2.24) is 4.31 Å². The van der Waals surface area contributed by atoms with Gasteiger partial charge in [0.15, 0.2) is 6.10 Å². The smallest absolute Gasteiger partial charge is 0.265 e. The van der Waals surface area contributed by atoms with Crippen LogP contribution in [-0.4, -0.2) is 43.2 Å². The molecule has 2 aromatic rings. The molecular formula is C21H21ClFN3O5S. The summed E-state index contributed by atoms with van der Waals surface area (Å²) in [5.41, 5.74) is 0.710. The minimum atomic E-state index is -4.07. The van der Waals surface area contributed by atoms with Crippen molar-refractivity contribution >= 4 is 44.8 Å². The Morgan fingerprint density at radius 1 is 1.31 bits per heavy atom. The molecule has 1 fully saturated rings. The lowest BCUT2D eigenvalue weighted by atomic mass is 10.1. The van der Waals surface area contributed by atoms with Crippen LogP contribution >= 0.6 is 11.6 Å².